The van der Waals surface area contributed by atoms with E-state index in [-0.39, 0.29) is 5.69 Å². The molecule has 0 bridgehead atoms. The van der Waals surface area contributed by atoms with Crippen LogP contribution in [0.25, 0.3) is 5.52 Å². The maximum Gasteiger partial charge on any atom is 0.394 e. The number of aliphatic hydroxyl groups is 1. The number of nitrogens with zero attached hydrogens (tertiary/aromatic N) is 1. The molecule has 0 aromatic carbocycles. The minimum atomic E-state index is -4.29. The van der Waals surface area contributed by atoms with Crippen LogP contribution in [0, 0.1) is 0 Å². The Bertz CT molecular complexity index is 547. The third-order valence-corrected chi connectivity index (χ3v) is 3.16. The van der Waals surface area contributed by atoms with Crippen LogP contribution in [0.1, 0.15) is 11.3 Å². The Labute approximate surface area is 104 Å². The molecule has 1 N–H and O–H groups in total. The van der Waals surface area contributed by atoms with Crippen molar-refractivity contribution in [3.05, 3.63) is 40.1 Å². The van der Waals surface area contributed by atoms with Gasteiger partial charge in [0.05, 0.1) is 18.5 Å². The van der Waals surface area contributed by atoms with Crippen LogP contribution in [0.4, 0.5) is 13.2 Å². The molecule has 0 aliphatic heterocycles. The van der Waals surface area contributed by atoms with Gasteiger partial charge in [0.1, 0.15) is 0 Å². The largest absolute Gasteiger partial charge is 0.394 e. The van der Waals surface area contributed by atoms with Gasteiger partial charge in [0.25, 0.3) is 0 Å². The first kappa shape index (κ1) is 12.4. The van der Waals surface area contributed by atoms with E-state index in [1.807, 2.05) is 0 Å². The van der Waals surface area contributed by atoms with Crippen molar-refractivity contribution in [1.29, 1.82) is 0 Å². The number of halogens is 4. The minimum absolute atomic E-state index is 0.0799. The van der Waals surface area contributed by atoms with Gasteiger partial charge in [-0.25, -0.2) is 0 Å². The second-order valence-electron chi connectivity index (χ2n) is 3.68. The summed E-state index contributed by atoms with van der Waals surface area (Å²) in [5.41, 5.74) is 1.00. The molecule has 0 unspecified atom stereocenters. The van der Waals surface area contributed by atoms with Gasteiger partial charge in [0, 0.05) is 16.4 Å². The average molecular weight is 308 g/mol. The highest BCUT2D eigenvalue weighted by Crippen LogP contribution is 2.29. The highest BCUT2D eigenvalue weighted by Gasteiger charge is 2.30. The minimum Gasteiger partial charge on any atom is -0.392 e. The lowest BCUT2D eigenvalue weighted by Gasteiger charge is -2.09. The van der Waals surface area contributed by atoms with Crippen molar-refractivity contribution in [3.63, 3.8) is 0 Å². The van der Waals surface area contributed by atoms with E-state index in [1.54, 1.807) is 24.4 Å². The highest BCUT2D eigenvalue weighted by molar-refractivity contribution is 9.10. The summed E-state index contributed by atoms with van der Waals surface area (Å²) in [6, 6.07) is 4.96. The third-order valence-electron chi connectivity index (χ3n) is 2.49. The molecule has 0 saturated heterocycles. The Hall–Kier alpha value is -1.01. The monoisotopic (exact) mass is 307 g/mol. The molecular weight excluding hydrogens is 299 g/mol. The van der Waals surface area contributed by atoms with Gasteiger partial charge in [0.15, 0.2) is 0 Å². The number of aromatic nitrogens is 1. The van der Waals surface area contributed by atoms with E-state index >= 15 is 0 Å². The van der Waals surface area contributed by atoms with Crippen LogP contribution in [0.15, 0.2) is 28.9 Å². The summed E-state index contributed by atoms with van der Waals surface area (Å²) in [5.74, 6) is 0. The smallest absolute Gasteiger partial charge is 0.392 e. The molecule has 0 radical (unpaired) electrons. The third kappa shape index (κ3) is 2.47. The lowest BCUT2D eigenvalue weighted by molar-refractivity contribution is -0.128. The summed E-state index contributed by atoms with van der Waals surface area (Å²) in [6.45, 7) is -0.403. The SMILES string of the molecule is OCc1cc2c(Br)cccn2c1CC(F)(F)F. The lowest BCUT2D eigenvalue weighted by atomic mass is 10.2. The van der Waals surface area contributed by atoms with Crippen molar-refractivity contribution in [2.75, 3.05) is 0 Å². The summed E-state index contributed by atoms with van der Waals surface area (Å²) in [7, 11) is 0. The van der Waals surface area contributed by atoms with Gasteiger partial charge in [0.2, 0.25) is 0 Å². The van der Waals surface area contributed by atoms with E-state index in [1.165, 1.54) is 4.40 Å². The number of pyridine rings is 1. The topological polar surface area (TPSA) is 24.6 Å². The number of fused-ring (bicyclic) bond motifs is 1. The molecule has 0 aliphatic rings. The zero-order chi connectivity index (χ0) is 12.6. The molecule has 6 heteroatoms. The zero-order valence-electron chi connectivity index (χ0n) is 8.63. The van der Waals surface area contributed by atoms with Crippen molar-refractivity contribution in [2.24, 2.45) is 0 Å². The molecule has 2 heterocycles. The zero-order valence-corrected chi connectivity index (χ0v) is 10.2. The van der Waals surface area contributed by atoms with Gasteiger partial charge >= 0.3 is 6.18 Å². The predicted molar refractivity (Wildman–Crippen MR) is 60.8 cm³/mol. The van der Waals surface area contributed by atoms with E-state index in [9.17, 15) is 13.2 Å². The lowest BCUT2D eigenvalue weighted by Crippen LogP contribution is -2.14. The quantitative estimate of drug-likeness (QED) is 0.904. The second kappa shape index (κ2) is 4.34. The van der Waals surface area contributed by atoms with Crippen LogP contribution < -0.4 is 0 Å². The molecule has 2 nitrogen and oxygen atoms in total. The second-order valence-corrected chi connectivity index (χ2v) is 4.53. The molecule has 92 valence electrons. The number of aliphatic hydroxyl groups excluding tert-OH is 1. The fraction of sp³-hybridized carbons (Fsp3) is 0.273. The number of hydrogen-bond acceptors (Lipinski definition) is 1. The Morgan fingerprint density at radius 2 is 2.06 bits per heavy atom. The Morgan fingerprint density at radius 1 is 1.35 bits per heavy atom. The number of rotatable bonds is 2. The molecule has 0 saturated carbocycles. The fourth-order valence-corrected chi connectivity index (χ4v) is 2.25. The van der Waals surface area contributed by atoms with E-state index in [4.69, 9.17) is 5.11 Å². The molecule has 0 spiro atoms. The van der Waals surface area contributed by atoms with Crippen LogP contribution in [-0.4, -0.2) is 15.7 Å². The van der Waals surface area contributed by atoms with Crippen molar-refractivity contribution in [2.45, 2.75) is 19.2 Å². The number of hydrogen-bond donors (Lipinski definition) is 1. The molecule has 2 rings (SSSR count). The Kier molecular flexibility index (Phi) is 3.18. The van der Waals surface area contributed by atoms with E-state index in [0.717, 1.165) is 0 Å². The van der Waals surface area contributed by atoms with Crippen LogP contribution in [0.2, 0.25) is 0 Å². The molecule has 0 aliphatic carbocycles. The van der Waals surface area contributed by atoms with Gasteiger partial charge in [-0.1, -0.05) is 0 Å². The van der Waals surface area contributed by atoms with Gasteiger partial charge in [-0.2, -0.15) is 13.2 Å². The molecule has 17 heavy (non-hydrogen) atoms. The summed E-state index contributed by atoms with van der Waals surface area (Å²) in [6.07, 6.45) is -3.78. The van der Waals surface area contributed by atoms with Crippen LogP contribution >= 0.6 is 15.9 Å². The summed E-state index contributed by atoms with van der Waals surface area (Å²) < 4.78 is 39.5. The van der Waals surface area contributed by atoms with Crippen LogP contribution in [0.3, 0.4) is 0 Å². The summed E-state index contributed by atoms with van der Waals surface area (Å²) in [5, 5.41) is 9.11. The maximum absolute atomic E-state index is 12.5. The van der Waals surface area contributed by atoms with Crippen molar-refractivity contribution in [1.82, 2.24) is 4.40 Å². The van der Waals surface area contributed by atoms with Gasteiger partial charge in [-0.15, -0.1) is 0 Å². The molecule has 0 atom stereocenters. The standard InChI is InChI=1S/C11H9BrF3NO/c12-8-2-1-3-16-9(8)4-7(6-17)10(16)5-11(13,14)15/h1-4,17H,5-6H2. The van der Waals surface area contributed by atoms with Crippen LogP contribution in [0.5, 0.6) is 0 Å². The van der Waals surface area contributed by atoms with Crippen LogP contribution in [-0.2, 0) is 13.0 Å². The Balaban J connectivity index is 2.63. The molecule has 2 aromatic heterocycles. The highest BCUT2D eigenvalue weighted by atomic mass is 79.9. The molecule has 0 fully saturated rings. The maximum atomic E-state index is 12.5. The van der Waals surface area contributed by atoms with E-state index in [2.05, 4.69) is 15.9 Å². The summed E-state index contributed by atoms with van der Waals surface area (Å²) >= 11 is 3.27. The van der Waals surface area contributed by atoms with E-state index < -0.39 is 19.2 Å². The number of alkyl halides is 3. The van der Waals surface area contributed by atoms with Gasteiger partial charge in [-0.05, 0) is 39.7 Å². The van der Waals surface area contributed by atoms with Crippen molar-refractivity contribution < 1.29 is 18.3 Å². The van der Waals surface area contributed by atoms with Gasteiger partial charge < -0.3 is 9.51 Å². The normalized spacial score (nSPS) is 12.3. The summed E-state index contributed by atoms with van der Waals surface area (Å²) in [4.78, 5) is 0. The average Bonchev–Trinajstić information content (AvgIpc) is 2.56. The molecular formula is C11H9BrF3NO. The van der Waals surface area contributed by atoms with E-state index in [0.29, 0.717) is 15.6 Å². The van der Waals surface area contributed by atoms with Gasteiger partial charge in [-0.3, -0.25) is 0 Å². The van der Waals surface area contributed by atoms with Crippen molar-refractivity contribution >= 4 is 21.4 Å². The Morgan fingerprint density at radius 3 is 2.65 bits per heavy atom. The molecule has 0 amide bonds. The molecule has 2 aromatic rings. The predicted octanol–water partition coefficient (Wildman–Crippen LogP) is 3.30. The first-order valence-electron chi connectivity index (χ1n) is 4.87. The van der Waals surface area contributed by atoms with Crippen molar-refractivity contribution in [3.8, 4) is 0 Å². The first-order valence-corrected chi connectivity index (χ1v) is 5.66. The fourth-order valence-electron chi connectivity index (χ4n) is 1.80. The first-order chi connectivity index (χ1) is 7.92.